The molecule has 1 aliphatic rings. The van der Waals surface area contributed by atoms with Crippen LogP contribution in [0.25, 0.3) is 0 Å². The van der Waals surface area contributed by atoms with E-state index in [1.807, 2.05) is 6.07 Å². The number of amides is 1. The van der Waals surface area contributed by atoms with Gasteiger partial charge in [0.25, 0.3) is 10.0 Å². The summed E-state index contributed by atoms with van der Waals surface area (Å²) in [5, 5.41) is 3.31. The van der Waals surface area contributed by atoms with Gasteiger partial charge < -0.3 is 14.8 Å². The number of halogens is 2. The minimum atomic E-state index is -4.09. The fourth-order valence-corrected chi connectivity index (χ4v) is 5.55. The van der Waals surface area contributed by atoms with Crippen LogP contribution in [0.3, 0.4) is 0 Å². The zero-order valence-electron chi connectivity index (χ0n) is 18.2. The molecule has 1 unspecified atom stereocenters. The molecule has 0 saturated carbocycles. The van der Waals surface area contributed by atoms with E-state index in [-0.39, 0.29) is 15.6 Å². The molecule has 178 valence electrons. The van der Waals surface area contributed by atoms with E-state index < -0.39 is 28.5 Å². The van der Waals surface area contributed by atoms with Crippen LogP contribution >= 0.6 is 23.2 Å². The lowest BCUT2D eigenvalue weighted by atomic mass is 10.1. The number of fused-ring (bicyclic) bond motifs is 1. The Morgan fingerprint density at radius 2 is 1.71 bits per heavy atom. The molecule has 0 saturated heterocycles. The Morgan fingerprint density at radius 1 is 1.00 bits per heavy atom. The number of carbonyl (C=O) groups excluding carboxylic acids is 1. The summed E-state index contributed by atoms with van der Waals surface area (Å²) in [4.78, 5) is 13.0. The number of hydrogen-bond donors (Lipinski definition) is 1. The highest BCUT2D eigenvalue weighted by Gasteiger charge is 2.29. The van der Waals surface area contributed by atoms with Gasteiger partial charge in [-0.25, -0.2) is 8.42 Å². The summed E-state index contributed by atoms with van der Waals surface area (Å²) in [5.41, 5.74) is 0.941. The molecule has 1 amide bonds. The maximum Gasteiger partial charge on any atom is 0.264 e. The van der Waals surface area contributed by atoms with Gasteiger partial charge >= 0.3 is 0 Å². The van der Waals surface area contributed by atoms with Crippen molar-refractivity contribution in [1.82, 2.24) is 5.32 Å². The van der Waals surface area contributed by atoms with Crippen molar-refractivity contribution in [3.63, 3.8) is 0 Å². The van der Waals surface area contributed by atoms with Gasteiger partial charge in [0.2, 0.25) is 5.91 Å². The van der Waals surface area contributed by atoms with Gasteiger partial charge in [-0.15, -0.1) is 0 Å². The molecule has 0 fully saturated rings. The first-order valence-corrected chi connectivity index (χ1v) is 12.7. The van der Waals surface area contributed by atoms with E-state index in [1.165, 1.54) is 30.3 Å². The summed E-state index contributed by atoms with van der Waals surface area (Å²) in [6.07, 6.45) is 0. The second kappa shape index (κ2) is 10.1. The summed E-state index contributed by atoms with van der Waals surface area (Å²) in [6.45, 7) is 2.26. The number of nitrogens with zero attached hydrogens (tertiary/aromatic N) is 1. The molecule has 3 aromatic carbocycles. The lowest BCUT2D eigenvalue weighted by Crippen LogP contribution is -2.41. The third-order valence-electron chi connectivity index (χ3n) is 5.24. The number of sulfonamides is 1. The van der Waals surface area contributed by atoms with E-state index in [4.69, 9.17) is 32.7 Å². The normalized spacial score (nSPS) is 13.7. The highest BCUT2D eigenvalue weighted by Crippen LogP contribution is 2.34. The predicted molar refractivity (Wildman–Crippen MR) is 131 cm³/mol. The number of benzene rings is 3. The van der Waals surface area contributed by atoms with E-state index in [2.05, 4.69) is 5.32 Å². The topological polar surface area (TPSA) is 84.9 Å². The number of rotatable bonds is 7. The SMILES string of the molecule is CC(NC(=O)CN(c1ccc(Cl)cc1Cl)S(=O)(=O)c1ccccc1)c1ccc2c(c1)OCCO2. The van der Waals surface area contributed by atoms with Crippen molar-refractivity contribution in [2.45, 2.75) is 17.9 Å². The van der Waals surface area contributed by atoms with Gasteiger partial charge in [-0.05, 0) is 55.0 Å². The summed E-state index contributed by atoms with van der Waals surface area (Å²) in [7, 11) is -4.09. The largest absolute Gasteiger partial charge is 0.486 e. The third-order valence-corrected chi connectivity index (χ3v) is 7.55. The van der Waals surface area contributed by atoms with E-state index in [0.29, 0.717) is 29.7 Å². The average Bonchev–Trinajstić information content (AvgIpc) is 2.83. The average molecular weight is 521 g/mol. The first-order valence-electron chi connectivity index (χ1n) is 10.5. The lowest BCUT2D eigenvalue weighted by molar-refractivity contribution is -0.120. The Kier molecular flexibility index (Phi) is 7.21. The van der Waals surface area contributed by atoms with Crippen LogP contribution in [-0.2, 0) is 14.8 Å². The second-order valence-corrected chi connectivity index (χ2v) is 10.3. The van der Waals surface area contributed by atoms with Crippen molar-refractivity contribution in [3.05, 3.63) is 82.3 Å². The Hall–Kier alpha value is -2.94. The van der Waals surface area contributed by atoms with Crippen LogP contribution < -0.4 is 19.1 Å². The van der Waals surface area contributed by atoms with Gasteiger partial charge in [0, 0.05) is 5.02 Å². The molecule has 1 aliphatic heterocycles. The summed E-state index contributed by atoms with van der Waals surface area (Å²) in [6, 6.07) is 17.3. The molecule has 1 heterocycles. The lowest BCUT2D eigenvalue weighted by Gasteiger charge is -2.26. The first kappa shape index (κ1) is 24.2. The Balaban J connectivity index is 1.59. The zero-order chi connectivity index (χ0) is 24.3. The minimum Gasteiger partial charge on any atom is -0.486 e. The highest BCUT2D eigenvalue weighted by molar-refractivity contribution is 7.92. The molecule has 7 nitrogen and oxygen atoms in total. The number of nitrogens with one attached hydrogen (secondary N) is 1. The summed E-state index contributed by atoms with van der Waals surface area (Å²) in [5.74, 6) is 0.741. The van der Waals surface area contributed by atoms with Crippen LogP contribution in [0.2, 0.25) is 10.0 Å². The van der Waals surface area contributed by atoms with Crippen molar-refractivity contribution in [2.24, 2.45) is 0 Å². The molecular weight excluding hydrogens is 499 g/mol. The number of anilines is 1. The summed E-state index contributed by atoms with van der Waals surface area (Å²) < 4.78 is 39.0. The molecule has 0 spiro atoms. The van der Waals surface area contributed by atoms with E-state index in [9.17, 15) is 13.2 Å². The molecule has 1 N–H and O–H groups in total. The van der Waals surface area contributed by atoms with Gasteiger partial charge in [-0.1, -0.05) is 47.5 Å². The quantitative estimate of drug-likeness (QED) is 0.481. The van der Waals surface area contributed by atoms with E-state index in [1.54, 1.807) is 37.3 Å². The van der Waals surface area contributed by atoms with Crippen molar-refractivity contribution in [3.8, 4) is 11.5 Å². The molecular formula is C24H22Cl2N2O5S. The molecule has 0 aliphatic carbocycles. The highest BCUT2D eigenvalue weighted by atomic mass is 35.5. The van der Waals surface area contributed by atoms with Crippen LogP contribution in [-0.4, -0.2) is 34.1 Å². The summed E-state index contributed by atoms with van der Waals surface area (Å²) >= 11 is 12.3. The fraction of sp³-hybridized carbons (Fsp3) is 0.208. The monoisotopic (exact) mass is 520 g/mol. The van der Waals surface area contributed by atoms with Crippen LogP contribution in [0.5, 0.6) is 11.5 Å². The Morgan fingerprint density at radius 3 is 2.41 bits per heavy atom. The Bertz CT molecular complexity index is 1300. The number of ether oxygens (including phenoxy) is 2. The number of carbonyl (C=O) groups is 1. The van der Waals surface area contributed by atoms with Crippen molar-refractivity contribution in [2.75, 3.05) is 24.1 Å². The second-order valence-electron chi connectivity index (χ2n) is 7.61. The minimum absolute atomic E-state index is 0.0358. The smallest absolute Gasteiger partial charge is 0.264 e. The molecule has 0 bridgehead atoms. The maximum atomic E-state index is 13.4. The predicted octanol–water partition coefficient (Wildman–Crippen LogP) is 4.84. The van der Waals surface area contributed by atoms with E-state index >= 15 is 0 Å². The van der Waals surface area contributed by atoms with E-state index in [0.717, 1.165) is 9.87 Å². The molecule has 0 aromatic heterocycles. The standard InChI is InChI=1S/C24H22Cl2N2O5S/c1-16(17-7-10-22-23(13-17)33-12-11-32-22)27-24(29)15-28(21-9-8-18(25)14-20(21)26)34(30,31)19-5-3-2-4-6-19/h2-10,13-14,16H,11-12,15H2,1H3,(H,27,29). The molecule has 4 rings (SSSR count). The van der Waals surface area contributed by atoms with Gasteiger partial charge in [0.15, 0.2) is 11.5 Å². The molecule has 0 radical (unpaired) electrons. The zero-order valence-corrected chi connectivity index (χ0v) is 20.5. The van der Waals surface area contributed by atoms with Gasteiger partial charge in [0.1, 0.15) is 19.8 Å². The Labute approximate surface area is 208 Å². The number of hydrogen-bond acceptors (Lipinski definition) is 5. The maximum absolute atomic E-state index is 13.4. The van der Waals surface area contributed by atoms with Gasteiger partial charge in [-0.3, -0.25) is 9.10 Å². The van der Waals surface area contributed by atoms with Gasteiger partial charge in [0.05, 0.1) is 21.6 Å². The van der Waals surface area contributed by atoms with Crippen LogP contribution in [0, 0.1) is 0 Å². The van der Waals surface area contributed by atoms with Crippen molar-refractivity contribution in [1.29, 1.82) is 0 Å². The van der Waals surface area contributed by atoms with Gasteiger partial charge in [-0.2, -0.15) is 0 Å². The van der Waals surface area contributed by atoms with Crippen LogP contribution in [0.4, 0.5) is 5.69 Å². The van der Waals surface area contributed by atoms with Crippen molar-refractivity contribution < 1.29 is 22.7 Å². The van der Waals surface area contributed by atoms with Crippen LogP contribution in [0.1, 0.15) is 18.5 Å². The third kappa shape index (κ3) is 5.24. The molecule has 1 atom stereocenters. The fourth-order valence-electron chi connectivity index (χ4n) is 3.53. The van der Waals surface area contributed by atoms with Crippen molar-refractivity contribution >= 4 is 44.8 Å². The molecule has 3 aromatic rings. The molecule has 34 heavy (non-hydrogen) atoms. The van der Waals surface area contributed by atoms with Crippen LogP contribution in [0.15, 0.2) is 71.6 Å². The molecule has 10 heteroatoms. The first-order chi connectivity index (χ1) is 16.3.